The SMILES string of the molecule is CC/C=C\C/C=C\C/C=C\C/C=C\C/C=C\CCCCCC(=O)OCC(COP(=O)(O)OCC(O)COP(=O)(O)OCC(COC(=O)CCCCCCC/C=C\C/C=C\C/C=C\CC)OC(=O)CCCCCCC/C=C\C/C=C\C/C=C\CC)OC(=O)CCCCC/C=C\C/C=C\C/C=C\C/C=C\C/C=C\CC. The number of allylic oxidation sites excluding steroid dienone is 32. The third-order valence-electron chi connectivity index (χ3n) is 16.0. The summed E-state index contributed by atoms with van der Waals surface area (Å²) in [5.41, 5.74) is 0. The van der Waals surface area contributed by atoms with E-state index in [1.54, 1.807) is 0 Å². The fourth-order valence-electron chi connectivity index (χ4n) is 10.0. The molecule has 0 aliphatic rings. The lowest BCUT2D eigenvalue weighted by atomic mass is 10.1. The predicted octanol–water partition coefficient (Wildman–Crippen LogP) is 24.1. The molecule has 0 aromatic carbocycles. The molecule has 0 aliphatic carbocycles. The molecule has 610 valence electrons. The Bertz CT molecular complexity index is 2810. The number of hydrogen-bond donors (Lipinski definition) is 3. The first-order valence-corrected chi connectivity index (χ1v) is 43.7. The van der Waals surface area contributed by atoms with Crippen LogP contribution in [0, 0.1) is 0 Å². The first-order chi connectivity index (χ1) is 52.7. The fourth-order valence-corrected chi connectivity index (χ4v) is 11.6. The molecule has 0 aliphatic heterocycles. The third-order valence-corrected chi connectivity index (χ3v) is 17.9. The van der Waals surface area contributed by atoms with Gasteiger partial charge in [-0.05, 0) is 180 Å². The van der Waals surface area contributed by atoms with Gasteiger partial charge in [0, 0.05) is 25.7 Å². The monoisotopic (exact) mass is 1540 g/mol. The van der Waals surface area contributed by atoms with Crippen molar-refractivity contribution in [2.45, 2.75) is 303 Å². The van der Waals surface area contributed by atoms with Crippen molar-refractivity contribution in [2.24, 2.45) is 0 Å². The molecule has 0 radical (unpaired) electrons. The molecule has 0 aromatic heterocycles. The van der Waals surface area contributed by atoms with Crippen LogP contribution >= 0.6 is 15.6 Å². The average Bonchev–Trinajstić information content (AvgIpc) is 0.896. The smallest absolute Gasteiger partial charge is 0.462 e. The average molecular weight is 1550 g/mol. The highest BCUT2D eigenvalue weighted by Crippen LogP contribution is 2.45. The van der Waals surface area contributed by atoms with Gasteiger partial charge in [-0.2, -0.15) is 0 Å². The highest BCUT2D eigenvalue weighted by Gasteiger charge is 2.30. The summed E-state index contributed by atoms with van der Waals surface area (Å²) in [7, 11) is -10.0. The first kappa shape index (κ1) is 102. The highest BCUT2D eigenvalue weighted by atomic mass is 31.2. The maximum Gasteiger partial charge on any atom is 0.472 e. The molecule has 0 bridgehead atoms. The number of hydrogen-bond acceptors (Lipinski definition) is 15. The van der Waals surface area contributed by atoms with E-state index in [-0.39, 0.29) is 25.7 Å². The van der Waals surface area contributed by atoms with E-state index in [4.69, 9.17) is 37.0 Å². The molecule has 0 amide bonds. The van der Waals surface area contributed by atoms with Crippen LogP contribution in [0.5, 0.6) is 0 Å². The molecule has 108 heavy (non-hydrogen) atoms. The predicted molar refractivity (Wildman–Crippen MR) is 445 cm³/mol. The molecule has 3 N–H and O–H groups in total. The highest BCUT2D eigenvalue weighted by molar-refractivity contribution is 7.47. The van der Waals surface area contributed by atoms with Crippen LogP contribution in [0.15, 0.2) is 194 Å². The molecule has 0 fully saturated rings. The third kappa shape index (κ3) is 78.0. The van der Waals surface area contributed by atoms with Crippen molar-refractivity contribution >= 4 is 39.5 Å². The van der Waals surface area contributed by atoms with Crippen LogP contribution in [-0.2, 0) is 65.4 Å². The van der Waals surface area contributed by atoms with Gasteiger partial charge in [-0.3, -0.25) is 37.3 Å². The molecule has 0 aromatic rings. The molecule has 0 spiro atoms. The van der Waals surface area contributed by atoms with E-state index in [9.17, 15) is 43.2 Å². The fraction of sp³-hybridized carbons (Fsp3) is 0.596. The van der Waals surface area contributed by atoms with Crippen molar-refractivity contribution in [3.63, 3.8) is 0 Å². The van der Waals surface area contributed by atoms with E-state index in [1.807, 2.05) is 0 Å². The molecule has 17 nitrogen and oxygen atoms in total. The van der Waals surface area contributed by atoms with Gasteiger partial charge >= 0.3 is 39.5 Å². The number of phosphoric ester groups is 2. The molecule has 5 atom stereocenters. The van der Waals surface area contributed by atoms with Crippen molar-refractivity contribution in [2.75, 3.05) is 39.6 Å². The largest absolute Gasteiger partial charge is 0.472 e. The summed E-state index contributed by atoms with van der Waals surface area (Å²) in [6, 6.07) is 0. The summed E-state index contributed by atoms with van der Waals surface area (Å²) in [6.45, 7) is 4.29. The summed E-state index contributed by atoms with van der Waals surface area (Å²) in [5, 5.41) is 10.7. The second kappa shape index (κ2) is 79.0. The Morgan fingerprint density at radius 1 is 0.259 bits per heavy atom. The number of phosphoric acid groups is 2. The number of rotatable bonds is 74. The van der Waals surface area contributed by atoms with E-state index < -0.39 is 97.5 Å². The zero-order valence-corrected chi connectivity index (χ0v) is 68.5. The number of carbonyl (C=O) groups excluding carboxylic acids is 4. The van der Waals surface area contributed by atoms with Crippen LogP contribution in [0.1, 0.15) is 285 Å². The molecular weight excluding hydrogens is 1400 g/mol. The summed E-state index contributed by atoms with van der Waals surface area (Å²) >= 11 is 0. The number of ether oxygens (including phenoxy) is 4. The van der Waals surface area contributed by atoms with Crippen molar-refractivity contribution < 1.29 is 80.2 Å². The Kier molecular flexibility index (Phi) is 74.5. The van der Waals surface area contributed by atoms with Crippen LogP contribution in [0.4, 0.5) is 0 Å². The van der Waals surface area contributed by atoms with Gasteiger partial charge in [0.05, 0.1) is 26.4 Å². The number of unbranched alkanes of at least 4 members (excludes halogenated alkanes) is 16. The summed E-state index contributed by atoms with van der Waals surface area (Å²) in [5.74, 6) is -2.30. The van der Waals surface area contributed by atoms with Gasteiger partial charge in [0.1, 0.15) is 19.3 Å². The lowest BCUT2D eigenvalue weighted by molar-refractivity contribution is -0.161. The zero-order chi connectivity index (χ0) is 78.9. The van der Waals surface area contributed by atoms with Gasteiger partial charge in [0.2, 0.25) is 0 Å². The van der Waals surface area contributed by atoms with Gasteiger partial charge in [-0.15, -0.1) is 0 Å². The number of aliphatic hydroxyl groups excluding tert-OH is 1. The number of carbonyl (C=O) groups is 4. The molecular formula is C89H142O17P2. The lowest BCUT2D eigenvalue weighted by Crippen LogP contribution is -2.30. The van der Waals surface area contributed by atoms with E-state index >= 15 is 0 Å². The van der Waals surface area contributed by atoms with Crippen molar-refractivity contribution in [3.8, 4) is 0 Å². The summed E-state index contributed by atoms with van der Waals surface area (Å²) in [4.78, 5) is 73.1. The molecule has 0 saturated heterocycles. The van der Waals surface area contributed by atoms with Crippen molar-refractivity contribution in [1.29, 1.82) is 0 Å². The Labute approximate surface area is 653 Å². The summed E-state index contributed by atoms with van der Waals surface area (Å²) < 4.78 is 68.6. The normalized spacial score (nSPS) is 14.8. The van der Waals surface area contributed by atoms with Crippen molar-refractivity contribution in [1.82, 2.24) is 0 Å². The van der Waals surface area contributed by atoms with E-state index in [0.717, 1.165) is 205 Å². The molecule has 0 heterocycles. The minimum absolute atomic E-state index is 0.0392. The Balaban J connectivity index is 5.50. The van der Waals surface area contributed by atoms with Crippen LogP contribution < -0.4 is 0 Å². The zero-order valence-electron chi connectivity index (χ0n) is 66.7. The van der Waals surface area contributed by atoms with Crippen LogP contribution in [-0.4, -0.2) is 96.7 Å². The quantitative estimate of drug-likeness (QED) is 0.0169. The molecule has 19 heteroatoms. The van der Waals surface area contributed by atoms with Gasteiger partial charge in [-0.1, -0.05) is 273 Å². The molecule has 0 rings (SSSR count). The van der Waals surface area contributed by atoms with Crippen LogP contribution in [0.2, 0.25) is 0 Å². The van der Waals surface area contributed by atoms with Gasteiger partial charge in [0.25, 0.3) is 0 Å². The first-order valence-electron chi connectivity index (χ1n) is 40.7. The number of aliphatic hydroxyl groups is 1. The second-order valence-corrected chi connectivity index (χ2v) is 29.1. The molecule has 0 saturated carbocycles. The lowest BCUT2D eigenvalue weighted by Gasteiger charge is -2.21. The standard InChI is InChI=1S/C89H142O17P2/c1-5-9-13-17-21-25-29-33-37-39-41-43-47-50-54-58-62-66-70-74-87(92)100-80-85(106-89(94)76-72-68-64-60-56-52-48-44-42-40-38-34-30-26-22-18-14-10-6-2)82-104-108(97,98)102-78-83(90)77-101-107(95,96)103-81-84(105-88(93)75-71-67-63-59-55-51-46-36-32-28-24-20-16-12-8-4)79-99-86(91)73-69-65-61-57-53-49-45-35-31-27-23-19-15-11-7-3/h9-16,21-28,33-38,41-46,50,52,54,56,83-85,90H,5-8,17-20,29-32,39-40,47-49,51,53,55,57-82H2,1-4H3,(H,95,96)(H,97,98)/b13-9-,14-10-,15-11-,16-12-,25-21-,26-22-,27-23-,28-24-,37-33-,38-34-,43-41-,44-42-,45-35-,46-36-,54-50-,56-52-. The van der Waals surface area contributed by atoms with E-state index in [2.05, 4.69) is 222 Å². The van der Waals surface area contributed by atoms with Gasteiger partial charge in [0.15, 0.2) is 12.2 Å². The maximum absolute atomic E-state index is 13.1. The van der Waals surface area contributed by atoms with Crippen LogP contribution in [0.25, 0.3) is 0 Å². The maximum atomic E-state index is 13.1. The Morgan fingerprint density at radius 3 is 0.704 bits per heavy atom. The van der Waals surface area contributed by atoms with Gasteiger partial charge < -0.3 is 33.8 Å². The van der Waals surface area contributed by atoms with Gasteiger partial charge in [-0.25, -0.2) is 9.13 Å². The topological polar surface area (TPSA) is 237 Å². The summed E-state index contributed by atoms with van der Waals surface area (Å²) in [6.07, 6.45) is 96.9. The minimum Gasteiger partial charge on any atom is -0.462 e. The minimum atomic E-state index is -5.01. The molecule has 5 unspecified atom stereocenters. The van der Waals surface area contributed by atoms with Crippen molar-refractivity contribution in [3.05, 3.63) is 194 Å². The van der Waals surface area contributed by atoms with E-state index in [0.29, 0.717) is 25.7 Å². The van der Waals surface area contributed by atoms with E-state index in [1.165, 1.54) is 0 Å². The Hall–Kier alpha value is -6.10. The van der Waals surface area contributed by atoms with Crippen LogP contribution in [0.3, 0.4) is 0 Å². The number of esters is 4. The Morgan fingerprint density at radius 2 is 0.454 bits per heavy atom. The second-order valence-electron chi connectivity index (χ2n) is 26.2.